The van der Waals surface area contributed by atoms with Crippen LogP contribution in [0, 0.1) is 0 Å². The fourth-order valence-corrected chi connectivity index (χ4v) is 0.973. The fourth-order valence-electron chi connectivity index (χ4n) is 0.973. The molecule has 0 spiro atoms. The van der Waals surface area contributed by atoms with E-state index < -0.39 is 0 Å². The van der Waals surface area contributed by atoms with Gasteiger partial charge in [-0.25, -0.2) is 0 Å². The van der Waals surface area contributed by atoms with Crippen molar-refractivity contribution in [2.24, 2.45) is 0 Å². The lowest BCUT2D eigenvalue weighted by Gasteiger charge is -2.18. The van der Waals surface area contributed by atoms with Crippen LogP contribution in [-0.2, 0) is 4.74 Å². The van der Waals surface area contributed by atoms with E-state index in [9.17, 15) is 0 Å². The maximum atomic E-state index is 5.57. The summed E-state index contributed by atoms with van der Waals surface area (Å²) < 4.78 is 5.57. The quantitative estimate of drug-likeness (QED) is 0.606. The summed E-state index contributed by atoms with van der Waals surface area (Å²) in [6.07, 6.45) is 1.86. The molecule has 2 heteroatoms. The Labute approximate surface area is 70.5 Å². The molecule has 0 amide bonds. The average molecular weight is 159 g/mol. The SMILES string of the molecule is CC(C)OC(C)CCN(C)C. The molecule has 1 atom stereocenters. The molecule has 0 N–H and O–H groups in total. The molecule has 0 aliphatic carbocycles. The van der Waals surface area contributed by atoms with Gasteiger partial charge < -0.3 is 9.64 Å². The Morgan fingerprint density at radius 2 is 1.73 bits per heavy atom. The highest BCUT2D eigenvalue weighted by Gasteiger charge is 2.04. The molecule has 0 saturated carbocycles. The topological polar surface area (TPSA) is 12.5 Å². The van der Waals surface area contributed by atoms with Crippen LogP contribution in [0.1, 0.15) is 27.2 Å². The van der Waals surface area contributed by atoms with Gasteiger partial charge in [0.25, 0.3) is 0 Å². The van der Waals surface area contributed by atoms with Crippen LogP contribution in [0.25, 0.3) is 0 Å². The van der Waals surface area contributed by atoms with E-state index in [1.807, 2.05) is 0 Å². The Kier molecular flexibility index (Phi) is 5.51. The molecular formula is C9H21NO. The van der Waals surface area contributed by atoms with Crippen LogP contribution in [0.5, 0.6) is 0 Å². The highest BCUT2D eigenvalue weighted by Crippen LogP contribution is 2.01. The number of nitrogens with zero attached hydrogens (tertiary/aromatic N) is 1. The molecule has 0 saturated heterocycles. The summed E-state index contributed by atoms with van der Waals surface area (Å²) in [5.74, 6) is 0. The van der Waals surface area contributed by atoms with E-state index in [2.05, 4.69) is 39.8 Å². The van der Waals surface area contributed by atoms with Crippen LogP contribution in [-0.4, -0.2) is 37.7 Å². The molecule has 2 nitrogen and oxygen atoms in total. The van der Waals surface area contributed by atoms with Gasteiger partial charge in [0.05, 0.1) is 12.2 Å². The standard InChI is InChI=1S/C9H21NO/c1-8(2)11-9(3)6-7-10(4)5/h8-9H,6-7H2,1-5H3. The van der Waals surface area contributed by atoms with Crippen molar-refractivity contribution in [1.82, 2.24) is 4.90 Å². The summed E-state index contributed by atoms with van der Waals surface area (Å²) >= 11 is 0. The minimum Gasteiger partial charge on any atom is -0.376 e. The number of rotatable bonds is 5. The smallest absolute Gasteiger partial charge is 0.0562 e. The molecule has 0 aromatic carbocycles. The van der Waals surface area contributed by atoms with Gasteiger partial charge in [0.2, 0.25) is 0 Å². The molecule has 0 aliphatic heterocycles. The van der Waals surface area contributed by atoms with Crippen LogP contribution in [0.2, 0.25) is 0 Å². The van der Waals surface area contributed by atoms with E-state index in [1.54, 1.807) is 0 Å². The van der Waals surface area contributed by atoms with Gasteiger partial charge in [-0.3, -0.25) is 0 Å². The molecule has 1 unspecified atom stereocenters. The summed E-state index contributed by atoms with van der Waals surface area (Å²) in [5, 5.41) is 0. The van der Waals surface area contributed by atoms with Crippen LogP contribution >= 0.6 is 0 Å². The van der Waals surface area contributed by atoms with Crippen LogP contribution in [0.4, 0.5) is 0 Å². The maximum absolute atomic E-state index is 5.57. The van der Waals surface area contributed by atoms with Crippen molar-refractivity contribution in [2.75, 3.05) is 20.6 Å². The Morgan fingerprint density at radius 3 is 2.09 bits per heavy atom. The highest BCUT2D eigenvalue weighted by molar-refractivity contribution is 4.54. The van der Waals surface area contributed by atoms with Gasteiger partial charge in [0.15, 0.2) is 0 Å². The molecule has 11 heavy (non-hydrogen) atoms. The molecule has 68 valence electrons. The monoisotopic (exact) mass is 159 g/mol. The Bertz CT molecular complexity index is 91.6. The number of hydrogen-bond acceptors (Lipinski definition) is 2. The molecule has 0 aromatic rings. The van der Waals surface area contributed by atoms with E-state index in [0.29, 0.717) is 12.2 Å². The Morgan fingerprint density at radius 1 is 1.18 bits per heavy atom. The fraction of sp³-hybridized carbons (Fsp3) is 1.00. The van der Waals surface area contributed by atoms with Crippen molar-refractivity contribution in [3.8, 4) is 0 Å². The van der Waals surface area contributed by atoms with Gasteiger partial charge >= 0.3 is 0 Å². The van der Waals surface area contributed by atoms with Gasteiger partial charge in [0, 0.05) is 0 Å². The average Bonchev–Trinajstić information content (AvgIpc) is 1.82. The van der Waals surface area contributed by atoms with E-state index in [0.717, 1.165) is 13.0 Å². The summed E-state index contributed by atoms with van der Waals surface area (Å²) in [4.78, 5) is 2.18. The molecule has 0 fully saturated rings. The van der Waals surface area contributed by atoms with Crippen LogP contribution < -0.4 is 0 Å². The zero-order chi connectivity index (χ0) is 8.85. The second kappa shape index (κ2) is 5.56. The Hall–Kier alpha value is -0.0800. The highest BCUT2D eigenvalue weighted by atomic mass is 16.5. The van der Waals surface area contributed by atoms with E-state index in [1.165, 1.54) is 0 Å². The molecule has 0 bridgehead atoms. The van der Waals surface area contributed by atoms with E-state index in [-0.39, 0.29) is 0 Å². The Balaban J connectivity index is 3.29. The predicted octanol–water partition coefficient (Wildman–Crippen LogP) is 1.75. The third-order valence-electron chi connectivity index (χ3n) is 1.49. The minimum absolute atomic E-state index is 0.354. The molecule has 0 aromatic heterocycles. The molecule has 0 aliphatic rings. The molecule has 0 rings (SSSR count). The zero-order valence-electron chi connectivity index (χ0n) is 8.42. The third kappa shape index (κ3) is 7.82. The first-order valence-corrected chi connectivity index (χ1v) is 4.32. The lowest BCUT2D eigenvalue weighted by molar-refractivity contribution is 0.0112. The van der Waals surface area contributed by atoms with Gasteiger partial charge in [-0.05, 0) is 47.8 Å². The first-order chi connectivity index (χ1) is 5.02. The third-order valence-corrected chi connectivity index (χ3v) is 1.49. The first kappa shape index (κ1) is 10.9. The number of hydrogen-bond donors (Lipinski definition) is 0. The summed E-state index contributed by atoms with van der Waals surface area (Å²) in [6, 6.07) is 0. The lowest BCUT2D eigenvalue weighted by Crippen LogP contribution is -2.21. The van der Waals surface area contributed by atoms with Crippen molar-refractivity contribution >= 4 is 0 Å². The second-order valence-electron chi connectivity index (χ2n) is 3.59. The molecule has 0 heterocycles. The van der Waals surface area contributed by atoms with Crippen molar-refractivity contribution in [3.63, 3.8) is 0 Å². The summed E-state index contributed by atoms with van der Waals surface area (Å²) in [7, 11) is 4.17. The predicted molar refractivity (Wildman–Crippen MR) is 48.9 cm³/mol. The molecular weight excluding hydrogens is 138 g/mol. The van der Waals surface area contributed by atoms with Gasteiger partial charge in [0.1, 0.15) is 0 Å². The van der Waals surface area contributed by atoms with Crippen molar-refractivity contribution in [3.05, 3.63) is 0 Å². The van der Waals surface area contributed by atoms with E-state index in [4.69, 9.17) is 4.74 Å². The second-order valence-corrected chi connectivity index (χ2v) is 3.59. The summed E-state index contributed by atoms with van der Waals surface area (Å²) in [6.45, 7) is 7.38. The largest absolute Gasteiger partial charge is 0.376 e. The van der Waals surface area contributed by atoms with Crippen LogP contribution in [0.3, 0.4) is 0 Å². The lowest BCUT2D eigenvalue weighted by atomic mass is 10.2. The van der Waals surface area contributed by atoms with Crippen LogP contribution in [0.15, 0.2) is 0 Å². The van der Waals surface area contributed by atoms with Gasteiger partial charge in [-0.1, -0.05) is 0 Å². The number of ether oxygens (including phenoxy) is 1. The van der Waals surface area contributed by atoms with Crippen molar-refractivity contribution in [2.45, 2.75) is 39.4 Å². The van der Waals surface area contributed by atoms with Gasteiger partial charge in [-0.2, -0.15) is 0 Å². The molecule has 0 radical (unpaired) electrons. The first-order valence-electron chi connectivity index (χ1n) is 4.32. The zero-order valence-corrected chi connectivity index (χ0v) is 8.42. The normalized spacial score (nSPS) is 14.5. The van der Waals surface area contributed by atoms with Crippen molar-refractivity contribution in [1.29, 1.82) is 0 Å². The van der Waals surface area contributed by atoms with Gasteiger partial charge in [-0.15, -0.1) is 0 Å². The summed E-state index contributed by atoms with van der Waals surface area (Å²) in [5.41, 5.74) is 0. The maximum Gasteiger partial charge on any atom is 0.0562 e. The van der Waals surface area contributed by atoms with E-state index >= 15 is 0 Å². The van der Waals surface area contributed by atoms with Crippen molar-refractivity contribution < 1.29 is 4.74 Å². The minimum atomic E-state index is 0.354.